The van der Waals surface area contributed by atoms with Crippen molar-refractivity contribution in [3.8, 4) is 11.1 Å². The van der Waals surface area contributed by atoms with Gasteiger partial charge >= 0.3 is 0 Å². The average molecular weight is 492 g/mol. The van der Waals surface area contributed by atoms with Crippen molar-refractivity contribution in [2.24, 2.45) is 21.8 Å². The molecule has 0 aromatic heterocycles. The van der Waals surface area contributed by atoms with Crippen molar-refractivity contribution < 1.29 is 17.4 Å². The molecule has 2 aromatic rings. The summed E-state index contributed by atoms with van der Waals surface area (Å²) in [6.45, 7) is 1.41. The molecule has 0 aliphatic carbocycles. The number of hydrazine groups is 1. The molecule has 176 valence electrons. The number of carbonyl (C=O) groups excluding carboxylic acids is 1. The third kappa shape index (κ3) is 4.13. The Hall–Kier alpha value is -2.84. The fourth-order valence-electron chi connectivity index (χ4n) is 4.38. The maximum absolute atomic E-state index is 13.5. The summed E-state index contributed by atoms with van der Waals surface area (Å²) in [5.74, 6) is 4.93. The van der Waals surface area contributed by atoms with Gasteiger partial charge in [-0.15, -0.1) is 5.10 Å². The maximum atomic E-state index is 13.5. The van der Waals surface area contributed by atoms with Crippen molar-refractivity contribution in [3.05, 3.63) is 47.0 Å². The number of nitrogens with one attached hydrogen (secondary N) is 3. The van der Waals surface area contributed by atoms with Crippen LogP contribution in [-0.4, -0.2) is 42.7 Å². The number of nitrogens with two attached hydrogens (primary N) is 3. The number of piperidine rings is 1. The molecule has 1 amide bonds. The number of nitrogens with zero attached hydrogens (tertiary/aromatic N) is 1. The number of benzene rings is 2. The Kier molecular flexibility index (Phi) is 6.50. The van der Waals surface area contributed by atoms with E-state index in [0.717, 1.165) is 0 Å². The summed E-state index contributed by atoms with van der Waals surface area (Å²) in [7, 11) is -6.09. The number of amides is 1. The predicted molar refractivity (Wildman–Crippen MR) is 125 cm³/mol. The predicted octanol–water partition coefficient (Wildman–Crippen LogP) is -0.812. The molecule has 0 radical (unpaired) electrons. The van der Waals surface area contributed by atoms with Crippen molar-refractivity contribution >= 4 is 32.6 Å². The molecule has 1 fully saturated rings. The second-order valence-corrected chi connectivity index (χ2v) is 10.9. The van der Waals surface area contributed by atoms with Crippen LogP contribution in [0, 0.1) is 0 Å². The first-order chi connectivity index (χ1) is 15.8. The van der Waals surface area contributed by atoms with E-state index in [1.165, 1.54) is 6.07 Å². The zero-order valence-corrected chi connectivity index (χ0v) is 19.3. The molecule has 9 N–H and O–H groups in total. The van der Waals surface area contributed by atoms with E-state index in [4.69, 9.17) is 16.7 Å². The molecule has 2 aliphatic heterocycles. The monoisotopic (exact) mass is 491 g/mol. The molecule has 33 heavy (non-hydrogen) atoms. The molecular weight excluding hydrogens is 466 g/mol. The van der Waals surface area contributed by atoms with Crippen LogP contribution >= 0.6 is 0 Å². The fraction of sp³-hybridized carbons (Fsp3) is 0.300. The lowest BCUT2D eigenvalue weighted by molar-refractivity contribution is 0.0965. The van der Waals surface area contributed by atoms with Gasteiger partial charge in [0.05, 0.1) is 15.0 Å². The summed E-state index contributed by atoms with van der Waals surface area (Å²) in [4.78, 5) is 11.9. The first kappa shape index (κ1) is 23.3. The van der Waals surface area contributed by atoms with Crippen LogP contribution < -0.4 is 32.9 Å². The molecule has 13 heteroatoms. The topological polar surface area (TPSA) is 195 Å². The van der Waals surface area contributed by atoms with Crippen LogP contribution in [0.25, 0.3) is 11.1 Å². The van der Waals surface area contributed by atoms with E-state index in [-0.39, 0.29) is 33.6 Å². The summed E-state index contributed by atoms with van der Waals surface area (Å²) in [6.07, 6.45) is 0.841. The minimum absolute atomic E-state index is 0.0940. The van der Waals surface area contributed by atoms with E-state index in [1.54, 1.807) is 24.3 Å². The van der Waals surface area contributed by atoms with Gasteiger partial charge in [0, 0.05) is 17.7 Å². The highest BCUT2D eigenvalue weighted by Crippen LogP contribution is 2.37. The Balaban J connectivity index is 2.01. The highest BCUT2D eigenvalue weighted by atomic mass is 32.2. The van der Waals surface area contributed by atoms with E-state index in [1.807, 2.05) is 0 Å². The van der Waals surface area contributed by atoms with Crippen molar-refractivity contribution in [2.45, 2.75) is 34.4 Å². The zero-order valence-electron chi connectivity index (χ0n) is 17.6. The molecule has 11 nitrogen and oxygen atoms in total. The van der Waals surface area contributed by atoms with E-state index in [9.17, 15) is 17.4 Å². The third-order valence-corrected chi connectivity index (χ3v) is 9.19. The van der Waals surface area contributed by atoms with Gasteiger partial charge < -0.3 is 16.4 Å². The van der Waals surface area contributed by atoms with Crippen molar-refractivity contribution in [3.63, 3.8) is 0 Å². The van der Waals surface area contributed by atoms with Crippen LogP contribution in [0.3, 0.4) is 0 Å². The maximum Gasteiger partial charge on any atom is 0.251 e. The van der Waals surface area contributed by atoms with E-state index < -0.39 is 26.1 Å². The number of hydrogen-bond donors (Lipinski definition) is 6. The summed E-state index contributed by atoms with van der Waals surface area (Å²) >= 11 is 0. The van der Waals surface area contributed by atoms with E-state index in [2.05, 4.69) is 21.3 Å². The van der Waals surface area contributed by atoms with Gasteiger partial charge in [-0.1, -0.05) is 18.2 Å². The van der Waals surface area contributed by atoms with Crippen molar-refractivity contribution in [1.29, 1.82) is 0 Å². The zero-order chi connectivity index (χ0) is 23.8. The first-order valence-corrected chi connectivity index (χ1v) is 13.0. The number of amidine groups is 1. The number of sulfone groups is 1. The van der Waals surface area contributed by atoms with Gasteiger partial charge in [-0.05, 0) is 54.8 Å². The number of rotatable bonds is 6. The highest BCUT2D eigenvalue weighted by molar-refractivity contribution is 7.93. The lowest BCUT2D eigenvalue weighted by Crippen LogP contribution is -2.36. The average Bonchev–Trinajstić information content (AvgIpc) is 3.19. The van der Waals surface area contributed by atoms with Crippen LogP contribution in [0.4, 0.5) is 0 Å². The van der Waals surface area contributed by atoms with Gasteiger partial charge in [-0.25, -0.2) is 29.1 Å². The lowest BCUT2D eigenvalue weighted by atomic mass is 9.93. The van der Waals surface area contributed by atoms with Gasteiger partial charge in [0.15, 0.2) is 15.7 Å². The van der Waals surface area contributed by atoms with Gasteiger partial charge in [-0.3, -0.25) is 4.79 Å². The lowest BCUT2D eigenvalue weighted by Gasteiger charge is -2.25. The van der Waals surface area contributed by atoms with Crippen molar-refractivity contribution in [1.82, 2.24) is 16.2 Å². The van der Waals surface area contributed by atoms with Crippen LogP contribution in [0.15, 0.2) is 45.2 Å². The molecule has 0 bridgehead atoms. The van der Waals surface area contributed by atoms with Crippen molar-refractivity contribution in [2.75, 3.05) is 13.1 Å². The summed E-state index contributed by atoms with van der Waals surface area (Å²) in [5.41, 5.74) is 10.6. The Morgan fingerprint density at radius 1 is 1.12 bits per heavy atom. The quantitative estimate of drug-likeness (QED) is 0.131. The van der Waals surface area contributed by atoms with Crippen LogP contribution in [0.5, 0.6) is 0 Å². The number of carbonyl (C=O) groups is 1. The van der Waals surface area contributed by atoms with Gasteiger partial charge in [0.2, 0.25) is 0 Å². The summed E-state index contributed by atoms with van der Waals surface area (Å²) < 4.78 is 39.8. The van der Waals surface area contributed by atoms with Crippen LogP contribution in [-0.2, 0) is 27.4 Å². The Morgan fingerprint density at radius 3 is 2.48 bits per heavy atom. The normalized spacial score (nSPS) is 18.0. The Labute approximate surface area is 193 Å². The standard InChI is InChI=1S/C20H25N7O4S2/c21-19(26-27-22)17-13(12-2-1-3-14-15(12)10-25-20(14)28)4-5-16(18(17)32(23)29)33(30,31)11-6-8-24-9-7-11/h1-5,11,24,27H,6-10,22-23H2,(H2,21,26)(H,25,28). The molecule has 0 saturated carbocycles. The van der Waals surface area contributed by atoms with Gasteiger partial charge in [0.25, 0.3) is 5.91 Å². The highest BCUT2D eigenvalue weighted by Gasteiger charge is 2.35. The molecule has 2 aliphatic rings. The Morgan fingerprint density at radius 2 is 1.82 bits per heavy atom. The molecule has 2 heterocycles. The third-order valence-electron chi connectivity index (χ3n) is 5.93. The van der Waals surface area contributed by atoms with Gasteiger partial charge in [0.1, 0.15) is 11.0 Å². The van der Waals surface area contributed by atoms with Crippen LogP contribution in [0.1, 0.15) is 34.3 Å². The smallest absolute Gasteiger partial charge is 0.251 e. The largest absolute Gasteiger partial charge is 0.382 e. The minimum Gasteiger partial charge on any atom is -0.382 e. The summed E-state index contributed by atoms with van der Waals surface area (Å²) in [6, 6.07) is 8.15. The second-order valence-electron chi connectivity index (χ2n) is 7.75. The minimum atomic E-state index is -3.87. The molecule has 2 aromatic carbocycles. The van der Waals surface area contributed by atoms with E-state index in [0.29, 0.717) is 48.2 Å². The fourth-order valence-corrected chi connectivity index (χ4v) is 7.49. The molecule has 1 saturated heterocycles. The molecule has 1 atom stereocenters. The number of hydrogen-bond acceptors (Lipinski definition) is 8. The molecular formula is C20H25N7O4S2. The SMILES string of the molecule is NN/N=C(\N)c1c(-c2cccc3c2CNC3=O)ccc(S(=O)(=O)C2CCNCC2)c1S(N)=O. The Bertz CT molecular complexity index is 1270. The molecule has 0 spiro atoms. The number of hydrazone groups is 1. The number of fused-ring (bicyclic) bond motifs is 1. The second kappa shape index (κ2) is 9.19. The van der Waals surface area contributed by atoms with Gasteiger partial charge in [-0.2, -0.15) is 0 Å². The first-order valence-electron chi connectivity index (χ1n) is 10.2. The van der Waals surface area contributed by atoms with E-state index >= 15 is 0 Å². The van der Waals surface area contributed by atoms with Crippen LogP contribution in [0.2, 0.25) is 0 Å². The summed E-state index contributed by atoms with van der Waals surface area (Å²) in [5, 5.41) is 14.9. The molecule has 4 rings (SSSR count). The molecule has 1 unspecified atom stereocenters.